The van der Waals surface area contributed by atoms with E-state index in [2.05, 4.69) is 29.9 Å². The predicted molar refractivity (Wildman–Crippen MR) is 57.9 cm³/mol. The third-order valence-electron chi connectivity index (χ3n) is 2.55. The van der Waals surface area contributed by atoms with Crippen LogP contribution in [0.15, 0.2) is 24.5 Å². The van der Waals surface area contributed by atoms with Gasteiger partial charge in [-0.15, -0.1) is 0 Å². The number of hydrogen-bond acceptors (Lipinski definition) is 2. The summed E-state index contributed by atoms with van der Waals surface area (Å²) in [5, 5.41) is 0. The van der Waals surface area contributed by atoms with E-state index in [1.807, 2.05) is 12.1 Å². The van der Waals surface area contributed by atoms with E-state index >= 15 is 0 Å². The second-order valence-corrected chi connectivity index (χ2v) is 3.95. The molecule has 14 heavy (non-hydrogen) atoms. The molecule has 2 aromatic rings. The maximum absolute atomic E-state index is 6.06. The SMILES string of the molecule is CC(C)C(N)c1ccc2nc[nH]c2c1. The van der Waals surface area contributed by atoms with E-state index in [1.165, 1.54) is 0 Å². The standard InChI is InChI=1S/C11H15N3/c1-7(2)11(12)8-3-4-9-10(5-8)14-6-13-9/h3-7,11H,12H2,1-2H3,(H,13,14). The zero-order valence-corrected chi connectivity index (χ0v) is 8.49. The molecule has 0 radical (unpaired) electrons. The number of aromatic amines is 1. The normalized spacial score (nSPS) is 13.7. The Labute approximate surface area is 83.3 Å². The Balaban J connectivity index is 2.43. The largest absolute Gasteiger partial charge is 0.345 e. The van der Waals surface area contributed by atoms with Crippen LogP contribution in [0.5, 0.6) is 0 Å². The first-order chi connectivity index (χ1) is 6.68. The molecule has 0 amide bonds. The van der Waals surface area contributed by atoms with Gasteiger partial charge in [0.15, 0.2) is 0 Å². The molecule has 74 valence electrons. The molecule has 2 rings (SSSR count). The van der Waals surface area contributed by atoms with Crippen LogP contribution in [0.4, 0.5) is 0 Å². The summed E-state index contributed by atoms with van der Waals surface area (Å²) in [5.74, 6) is 0.454. The van der Waals surface area contributed by atoms with Crippen LogP contribution in [0.25, 0.3) is 11.0 Å². The van der Waals surface area contributed by atoms with E-state index in [-0.39, 0.29) is 6.04 Å². The number of aromatic nitrogens is 2. The topological polar surface area (TPSA) is 54.7 Å². The van der Waals surface area contributed by atoms with Crippen molar-refractivity contribution in [2.75, 3.05) is 0 Å². The van der Waals surface area contributed by atoms with Gasteiger partial charge in [0.1, 0.15) is 0 Å². The van der Waals surface area contributed by atoms with Crippen molar-refractivity contribution >= 4 is 11.0 Å². The minimum atomic E-state index is 0.0997. The zero-order valence-electron chi connectivity index (χ0n) is 8.49. The molecule has 0 saturated carbocycles. The molecule has 0 aliphatic heterocycles. The Hall–Kier alpha value is -1.35. The third-order valence-corrected chi connectivity index (χ3v) is 2.55. The maximum Gasteiger partial charge on any atom is 0.0931 e. The zero-order chi connectivity index (χ0) is 10.1. The molecule has 0 aliphatic carbocycles. The van der Waals surface area contributed by atoms with Gasteiger partial charge in [0.2, 0.25) is 0 Å². The summed E-state index contributed by atoms with van der Waals surface area (Å²) < 4.78 is 0. The van der Waals surface area contributed by atoms with Crippen molar-refractivity contribution in [2.24, 2.45) is 11.7 Å². The van der Waals surface area contributed by atoms with Crippen LogP contribution < -0.4 is 5.73 Å². The highest BCUT2D eigenvalue weighted by Crippen LogP contribution is 2.21. The first-order valence-electron chi connectivity index (χ1n) is 4.87. The summed E-state index contributed by atoms with van der Waals surface area (Å²) in [4.78, 5) is 7.25. The molecule has 0 aliphatic rings. The fourth-order valence-corrected chi connectivity index (χ4v) is 1.55. The van der Waals surface area contributed by atoms with Gasteiger partial charge in [0, 0.05) is 6.04 Å². The lowest BCUT2D eigenvalue weighted by Crippen LogP contribution is -2.16. The van der Waals surface area contributed by atoms with E-state index in [0.29, 0.717) is 5.92 Å². The summed E-state index contributed by atoms with van der Waals surface area (Å²) in [6.07, 6.45) is 1.70. The van der Waals surface area contributed by atoms with Crippen LogP contribution in [0.1, 0.15) is 25.5 Å². The van der Waals surface area contributed by atoms with Gasteiger partial charge in [-0.1, -0.05) is 19.9 Å². The van der Waals surface area contributed by atoms with E-state index in [0.717, 1.165) is 16.6 Å². The van der Waals surface area contributed by atoms with Gasteiger partial charge in [-0.25, -0.2) is 4.98 Å². The van der Waals surface area contributed by atoms with Crippen LogP contribution in [0, 0.1) is 5.92 Å². The van der Waals surface area contributed by atoms with E-state index in [1.54, 1.807) is 6.33 Å². The molecule has 3 nitrogen and oxygen atoms in total. The lowest BCUT2D eigenvalue weighted by atomic mass is 9.97. The lowest BCUT2D eigenvalue weighted by Gasteiger charge is -2.15. The summed E-state index contributed by atoms with van der Waals surface area (Å²) in [7, 11) is 0. The van der Waals surface area contributed by atoms with Crippen molar-refractivity contribution in [3.8, 4) is 0 Å². The number of benzene rings is 1. The average Bonchev–Trinajstić information content (AvgIpc) is 2.62. The molecule has 1 aromatic carbocycles. The van der Waals surface area contributed by atoms with E-state index in [9.17, 15) is 0 Å². The molecule has 0 spiro atoms. The Morgan fingerprint density at radius 2 is 2.14 bits per heavy atom. The van der Waals surface area contributed by atoms with Crippen molar-refractivity contribution in [2.45, 2.75) is 19.9 Å². The Bertz CT molecular complexity index is 431. The van der Waals surface area contributed by atoms with Crippen LogP contribution in [0.3, 0.4) is 0 Å². The quantitative estimate of drug-likeness (QED) is 0.761. The molecule has 3 N–H and O–H groups in total. The molecule has 1 atom stereocenters. The fourth-order valence-electron chi connectivity index (χ4n) is 1.55. The van der Waals surface area contributed by atoms with Crippen LogP contribution >= 0.6 is 0 Å². The molecule has 3 heteroatoms. The maximum atomic E-state index is 6.06. The van der Waals surface area contributed by atoms with Crippen molar-refractivity contribution in [3.63, 3.8) is 0 Å². The highest BCUT2D eigenvalue weighted by Gasteiger charge is 2.10. The minimum absolute atomic E-state index is 0.0997. The highest BCUT2D eigenvalue weighted by atomic mass is 14.9. The highest BCUT2D eigenvalue weighted by molar-refractivity contribution is 5.75. The molecule has 0 bridgehead atoms. The second kappa shape index (κ2) is 3.42. The summed E-state index contributed by atoms with van der Waals surface area (Å²) in [5.41, 5.74) is 9.27. The van der Waals surface area contributed by atoms with Gasteiger partial charge < -0.3 is 10.7 Å². The van der Waals surface area contributed by atoms with Crippen LogP contribution in [-0.2, 0) is 0 Å². The summed E-state index contributed by atoms with van der Waals surface area (Å²) in [6, 6.07) is 6.23. The van der Waals surface area contributed by atoms with Gasteiger partial charge in [-0.3, -0.25) is 0 Å². The minimum Gasteiger partial charge on any atom is -0.345 e. The van der Waals surface area contributed by atoms with Gasteiger partial charge in [-0.2, -0.15) is 0 Å². The monoisotopic (exact) mass is 189 g/mol. The van der Waals surface area contributed by atoms with Crippen LogP contribution in [0.2, 0.25) is 0 Å². The predicted octanol–water partition coefficient (Wildman–Crippen LogP) is 2.22. The molecular formula is C11H15N3. The Kier molecular flexibility index (Phi) is 2.25. The number of nitrogens with zero attached hydrogens (tertiary/aromatic N) is 1. The number of rotatable bonds is 2. The van der Waals surface area contributed by atoms with Crippen LogP contribution in [-0.4, -0.2) is 9.97 Å². The second-order valence-electron chi connectivity index (χ2n) is 3.95. The number of H-pyrrole nitrogens is 1. The average molecular weight is 189 g/mol. The molecule has 1 heterocycles. The number of hydrogen-bond donors (Lipinski definition) is 2. The summed E-state index contributed by atoms with van der Waals surface area (Å²) >= 11 is 0. The summed E-state index contributed by atoms with van der Waals surface area (Å²) in [6.45, 7) is 4.25. The first kappa shape index (κ1) is 9.21. The van der Waals surface area contributed by atoms with Crippen molar-refractivity contribution in [3.05, 3.63) is 30.1 Å². The van der Waals surface area contributed by atoms with E-state index in [4.69, 9.17) is 5.73 Å². The number of fused-ring (bicyclic) bond motifs is 1. The molecule has 1 unspecified atom stereocenters. The smallest absolute Gasteiger partial charge is 0.0931 e. The molecule has 0 fully saturated rings. The first-order valence-corrected chi connectivity index (χ1v) is 4.87. The van der Waals surface area contributed by atoms with Gasteiger partial charge in [0.25, 0.3) is 0 Å². The Morgan fingerprint density at radius 1 is 1.36 bits per heavy atom. The van der Waals surface area contributed by atoms with Crippen molar-refractivity contribution in [1.29, 1.82) is 0 Å². The fraction of sp³-hybridized carbons (Fsp3) is 0.364. The Morgan fingerprint density at radius 3 is 2.86 bits per heavy atom. The van der Waals surface area contributed by atoms with Crippen molar-refractivity contribution in [1.82, 2.24) is 9.97 Å². The lowest BCUT2D eigenvalue weighted by molar-refractivity contribution is 0.514. The molecule has 1 aromatic heterocycles. The number of nitrogens with one attached hydrogen (secondary N) is 1. The molecule has 0 saturated heterocycles. The molecular weight excluding hydrogens is 174 g/mol. The van der Waals surface area contributed by atoms with Gasteiger partial charge in [0.05, 0.1) is 17.4 Å². The van der Waals surface area contributed by atoms with E-state index < -0.39 is 0 Å². The van der Waals surface area contributed by atoms with Gasteiger partial charge in [-0.05, 0) is 23.6 Å². The number of imidazole rings is 1. The third kappa shape index (κ3) is 1.51. The van der Waals surface area contributed by atoms with Crippen molar-refractivity contribution < 1.29 is 0 Å². The van der Waals surface area contributed by atoms with Gasteiger partial charge >= 0.3 is 0 Å². The number of nitrogens with two attached hydrogens (primary N) is 1.